The number of aromatic nitrogens is 2. The van der Waals surface area contributed by atoms with Crippen LogP contribution in [0.5, 0.6) is 5.75 Å². The molecule has 154 valence electrons. The largest absolute Gasteiger partial charge is 0.496 e. The summed E-state index contributed by atoms with van der Waals surface area (Å²) in [5.74, 6) is 1.85. The summed E-state index contributed by atoms with van der Waals surface area (Å²) in [6.45, 7) is 5.89. The van der Waals surface area contributed by atoms with Gasteiger partial charge < -0.3 is 14.7 Å². The van der Waals surface area contributed by atoms with Gasteiger partial charge in [-0.25, -0.2) is 9.98 Å². The zero-order valence-corrected chi connectivity index (χ0v) is 16.7. The highest BCUT2D eigenvalue weighted by Gasteiger charge is 2.30. The van der Waals surface area contributed by atoms with Crippen molar-refractivity contribution < 1.29 is 9.84 Å². The van der Waals surface area contributed by atoms with E-state index < -0.39 is 6.17 Å². The number of rotatable bonds is 4. The van der Waals surface area contributed by atoms with Gasteiger partial charge in [-0.2, -0.15) is 0 Å². The first-order valence-corrected chi connectivity index (χ1v) is 9.77. The van der Waals surface area contributed by atoms with Crippen LogP contribution in [0.2, 0.25) is 0 Å². The Labute approximate surface area is 169 Å². The fourth-order valence-corrected chi connectivity index (χ4v) is 3.81. The van der Waals surface area contributed by atoms with E-state index in [-0.39, 0.29) is 12.2 Å². The summed E-state index contributed by atoms with van der Waals surface area (Å²) in [6.07, 6.45) is -0.562. The molecule has 0 bridgehead atoms. The van der Waals surface area contributed by atoms with E-state index in [1.54, 1.807) is 18.6 Å². The zero-order valence-electron chi connectivity index (χ0n) is 16.7. The maximum absolute atomic E-state index is 12.8. The number of methoxy groups -OCH3 is 1. The summed E-state index contributed by atoms with van der Waals surface area (Å²) in [7, 11) is 1.61. The lowest BCUT2D eigenvalue weighted by molar-refractivity contribution is 0.146. The zero-order chi connectivity index (χ0) is 20.4. The number of fused-ring (bicyclic) bond motifs is 1. The Balaban J connectivity index is 1.73. The first kappa shape index (κ1) is 19.4. The number of guanidine groups is 1. The van der Waals surface area contributed by atoms with E-state index in [1.807, 2.05) is 24.3 Å². The van der Waals surface area contributed by atoms with Gasteiger partial charge in [0.2, 0.25) is 11.9 Å². The fourth-order valence-electron chi connectivity index (χ4n) is 3.81. The van der Waals surface area contributed by atoms with Crippen LogP contribution in [-0.4, -0.2) is 76.9 Å². The minimum atomic E-state index is -0.562. The summed E-state index contributed by atoms with van der Waals surface area (Å²) >= 11 is 0. The predicted octanol–water partition coefficient (Wildman–Crippen LogP) is 0.499. The van der Waals surface area contributed by atoms with Gasteiger partial charge in [-0.05, 0) is 13.0 Å². The van der Waals surface area contributed by atoms with Crippen molar-refractivity contribution in [3.8, 4) is 5.75 Å². The van der Waals surface area contributed by atoms with Crippen LogP contribution >= 0.6 is 0 Å². The first-order chi connectivity index (χ1) is 14.1. The lowest BCUT2D eigenvalue weighted by atomic mass is 10.1. The van der Waals surface area contributed by atoms with Crippen molar-refractivity contribution in [1.82, 2.24) is 19.4 Å². The number of aliphatic hydroxyl groups is 1. The van der Waals surface area contributed by atoms with Gasteiger partial charge in [0.1, 0.15) is 5.75 Å². The molecule has 1 atom stereocenters. The van der Waals surface area contributed by atoms with Gasteiger partial charge in [0.05, 0.1) is 13.7 Å². The molecular weight excluding hydrogens is 372 g/mol. The second kappa shape index (κ2) is 8.22. The standard InChI is InChI=1S/C20H26N6O3/c1-14-13-17(28)26-18(15-5-3-4-6-16(15)29-2)22-19(23-20(26)21-14)25-9-7-24(8-10-25)11-12-27/h3-6,13,18,27H,7-12H2,1-2H3,(H,21,22,23)/t18-/m1/s1. The van der Waals surface area contributed by atoms with Gasteiger partial charge >= 0.3 is 0 Å². The average molecular weight is 398 g/mol. The van der Waals surface area contributed by atoms with Crippen molar-refractivity contribution >= 4 is 11.9 Å². The second-order valence-corrected chi connectivity index (χ2v) is 7.17. The molecule has 0 saturated carbocycles. The number of anilines is 1. The van der Waals surface area contributed by atoms with E-state index in [1.165, 1.54) is 6.07 Å². The molecule has 2 aromatic rings. The number of benzene rings is 1. The van der Waals surface area contributed by atoms with Crippen LogP contribution in [0.4, 0.5) is 5.95 Å². The van der Waals surface area contributed by atoms with Gasteiger partial charge in [-0.15, -0.1) is 0 Å². The van der Waals surface area contributed by atoms with Crippen molar-refractivity contribution in [3.63, 3.8) is 0 Å². The molecule has 3 heterocycles. The summed E-state index contributed by atoms with van der Waals surface area (Å²) in [6, 6.07) is 9.11. The molecule has 0 radical (unpaired) electrons. The highest BCUT2D eigenvalue weighted by Crippen LogP contribution is 2.32. The van der Waals surface area contributed by atoms with E-state index in [2.05, 4.69) is 20.1 Å². The van der Waals surface area contributed by atoms with E-state index in [0.717, 1.165) is 31.7 Å². The Morgan fingerprint density at radius 1 is 1.24 bits per heavy atom. The number of nitrogens with zero attached hydrogens (tertiary/aromatic N) is 5. The molecule has 1 aromatic heterocycles. The summed E-state index contributed by atoms with van der Waals surface area (Å²) < 4.78 is 7.10. The van der Waals surface area contributed by atoms with Crippen LogP contribution in [0.3, 0.4) is 0 Å². The highest BCUT2D eigenvalue weighted by atomic mass is 16.5. The molecule has 1 saturated heterocycles. The van der Waals surface area contributed by atoms with Crippen molar-refractivity contribution in [2.75, 3.05) is 51.8 Å². The molecule has 2 aliphatic rings. The molecule has 0 unspecified atom stereocenters. The molecule has 0 amide bonds. The third kappa shape index (κ3) is 3.83. The smallest absolute Gasteiger partial charge is 0.257 e. The summed E-state index contributed by atoms with van der Waals surface area (Å²) in [4.78, 5) is 26.6. The van der Waals surface area contributed by atoms with Crippen molar-refractivity contribution in [3.05, 3.63) is 51.9 Å². The van der Waals surface area contributed by atoms with Gasteiger partial charge in [0, 0.05) is 50.0 Å². The molecule has 0 aliphatic carbocycles. The van der Waals surface area contributed by atoms with Crippen LogP contribution in [0.1, 0.15) is 17.4 Å². The minimum absolute atomic E-state index is 0.161. The van der Waals surface area contributed by atoms with Gasteiger partial charge in [-0.1, -0.05) is 18.2 Å². The van der Waals surface area contributed by atoms with Crippen LogP contribution in [0.15, 0.2) is 40.1 Å². The number of nitrogens with one attached hydrogen (secondary N) is 1. The van der Waals surface area contributed by atoms with Crippen molar-refractivity contribution in [2.45, 2.75) is 13.1 Å². The Morgan fingerprint density at radius 2 is 2.00 bits per heavy atom. The van der Waals surface area contributed by atoms with E-state index in [9.17, 15) is 4.79 Å². The quantitative estimate of drug-likeness (QED) is 0.774. The maximum atomic E-state index is 12.8. The molecule has 0 spiro atoms. The van der Waals surface area contributed by atoms with Crippen LogP contribution in [0.25, 0.3) is 0 Å². The third-order valence-electron chi connectivity index (χ3n) is 5.30. The van der Waals surface area contributed by atoms with E-state index in [4.69, 9.17) is 14.8 Å². The van der Waals surface area contributed by atoms with Crippen molar-refractivity contribution in [1.29, 1.82) is 0 Å². The molecule has 4 rings (SSSR count). The fraction of sp³-hybridized carbons (Fsp3) is 0.450. The average Bonchev–Trinajstić information content (AvgIpc) is 2.73. The summed E-state index contributed by atoms with van der Waals surface area (Å²) in [5.41, 5.74) is 1.30. The lowest BCUT2D eigenvalue weighted by Crippen LogP contribution is -2.52. The first-order valence-electron chi connectivity index (χ1n) is 9.77. The van der Waals surface area contributed by atoms with Crippen LogP contribution in [0, 0.1) is 6.92 Å². The van der Waals surface area contributed by atoms with Gasteiger partial charge in [0.15, 0.2) is 6.17 Å². The topological polar surface area (TPSA) is 95.2 Å². The van der Waals surface area contributed by atoms with Crippen molar-refractivity contribution in [2.24, 2.45) is 4.99 Å². The number of ether oxygens (including phenoxy) is 1. The Kier molecular flexibility index (Phi) is 5.50. The molecule has 1 fully saturated rings. The molecule has 2 N–H and O–H groups in total. The summed E-state index contributed by atoms with van der Waals surface area (Å²) in [5, 5.41) is 12.4. The Hall–Kier alpha value is -2.91. The molecule has 9 nitrogen and oxygen atoms in total. The molecular formula is C20H26N6O3. The number of para-hydroxylation sites is 1. The van der Waals surface area contributed by atoms with Gasteiger partial charge in [0.25, 0.3) is 5.56 Å². The number of piperazine rings is 1. The van der Waals surface area contributed by atoms with E-state index in [0.29, 0.717) is 29.9 Å². The minimum Gasteiger partial charge on any atom is -0.496 e. The number of hydrogen-bond acceptors (Lipinski definition) is 8. The second-order valence-electron chi connectivity index (χ2n) is 7.17. The van der Waals surface area contributed by atoms with E-state index >= 15 is 0 Å². The number of β-amino-alcohol motifs (C(OH)–C–C–N with tert-alkyl or cyclic N) is 1. The monoisotopic (exact) mass is 398 g/mol. The number of aliphatic imine (C=N–C) groups is 1. The Bertz CT molecular complexity index is 965. The number of hydrogen-bond donors (Lipinski definition) is 2. The van der Waals surface area contributed by atoms with Crippen LogP contribution < -0.4 is 15.6 Å². The Morgan fingerprint density at radius 3 is 2.72 bits per heavy atom. The van der Waals surface area contributed by atoms with Gasteiger partial charge in [-0.3, -0.25) is 19.6 Å². The predicted molar refractivity (Wildman–Crippen MR) is 111 cm³/mol. The van der Waals surface area contributed by atoms with Crippen LogP contribution in [-0.2, 0) is 0 Å². The molecule has 2 aliphatic heterocycles. The normalized spacial score (nSPS) is 19.3. The molecule has 29 heavy (non-hydrogen) atoms. The highest BCUT2D eigenvalue weighted by molar-refractivity contribution is 5.93. The number of aliphatic hydroxyl groups excluding tert-OH is 1. The maximum Gasteiger partial charge on any atom is 0.257 e. The molecule has 9 heteroatoms. The molecule has 1 aromatic carbocycles. The SMILES string of the molecule is COc1ccccc1[C@@H]1N=C(N2CCN(CCO)CC2)Nc2nc(C)cc(=O)n21. The lowest BCUT2D eigenvalue weighted by Gasteiger charge is -2.38. The number of aryl methyl sites for hydroxylation is 1. The third-order valence-corrected chi connectivity index (χ3v) is 5.30.